The van der Waals surface area contributed by atoms with E-state index in [1.807, 2.05) is 30.3 Å². The molecule has 3 aromatic heterocycles. The van der Waals surface area contributed by atoms with Crippen molar-refractivity contribution in [3.8, 4) is 22.4 Å². The molecule has 4 heterocycles. The van der Waals surface area contributed by atoms with Gasteiger partial charge in [0.2, 0.25) is 0 Å². The van der Waals surface area contributed by atoms with E-state index >= 15 is 0 Å². The number of hydrogen-bond acceptors (Lipinski definition) is 7. The molecule has 0 atom stereocenters. The number of rotatable bonds is 7. The quantitative estimate of drug-likeness (QED) is 0.322. The highest BCUT2D eigenvalue weighted by molar-refractivity contribution is 5.89. The monoisotopic (exact) mass is 542 g/mol. The molecule has 40 heavy (non-hydrogen) atoms. The van der Waals surface area contributed by atoms with Crippen molar-refractivity contribution < 1.29 is 13.9 Å². The second kappa shape index (κ2) is 10.5. The van der Waals surface area contributed by atoms with Crippen LogP contribution in [-0.2, 0) is 26.7 Å². The number of aliphatic hydroxyl groups is 1. The summed E-state index contributed by atoms with van der Waals surface area (Å²) < 4.78 is 23.0. The van der Waals surface area contributed by atoms with Gasteiger partial charge in [-0.3, -0.25) is 18.9 Å². The first-order valence-electron chi connectivity index (χ1n) is 13.3. The number of nitrogens with zero attached hydrogens (tertiary/aromatic N) is 5. The van der Waals surface area contributed by atoms with Crippen LogP contribution < -0.4 is 11.3 Å². The largest absolute Gasteiger partial charge is 0.472 e. The number of aromatic nitrogens is 4. The SMILES string of the molecule is Cn1nc2c(=O)n(CC3(O)CCN(Cc4ccc(-c5ccoc5)cc4F)CC3)cnc2c1-c1ccc(CN)cc1. The smallest absolute Gasteiger partial charge is 0.281 e. The number of furan rings is 1. The van der Waals surface area contributed by atoms with Gasteiger partial charge in [0.15, 0.2) is 5.52 Å². The van der Waals surface area contributed by atoms with Crippen molar-refractivity contribution in [2.45, 2.75) is 38.1 Å². The second-order valence-corrected chi connectivity index (χ2v) is 10.6. The highest BCUT2D eigenvalue weighted by atomic mass is 19.1. The molecule has 2 aromatic carbocycles. The van der Waals surface area contributed by atoms with Crippen molar-refractivity contribution in [2.24, 2.45) is 12.8 Å². The maximum Gasteiger partial charge on any atom is 0.281 e. The van der Waals surface area contributed by atoms with Crippen LogP contribution in [0.5, 0.6) is 0 Å². The van der Waals surface area contributed by atoms with Crippen LogP contribution >= 0.6 is 0 Å². The van der Waals surface area contributed by atoms with Gasteiger partial charge in [0.05, 0.1) is 36.7 Å². The molecular formula is C30H31FN6O3. The summed E-state index contributed by atoms with van der Waals surface area (Å²) in [6, 6.07) is 14.8. The molecule has 1 fully saturated rings. The van der Waals surface area contributed by atoms with Crippen LogP contribution in [0.4, 0.5) is 4.39 Å². The second-order valence-electron chi connectivity index (χ2n) is 10.6. The van der Waals surface area contributed by atoms with E-state index in [-0.39, 0.29) is 23.4 Å². The van der Waals surface area contributed by atoms with Gasteiger partial charge in [-0.2, -0.15) is 5.10 Å². The molecular weight excluding hydrogens is 511 g/mol. The Morgan fingerprint density at radius 3 is 2.48 bits per heavy atom. The zero-order chi connectivity index (χ0) is 27.9. The molecule has 1 aliphatic heterocycles. The number of benzene rings is 2. The van der Waals surface area contributed by atoms with Crippen LogP contribution in [0, 0.1) is 5.82 Å². The van der Waals surface area contributed by atoms with Crippen molar-refractivity contribution in [2.75, 3.05) is 13.1 Å². The number of halogens is 1. The number of likely N-dealkylation sites (tertiary alicyclic amines) is 1. The molecule has 0 spiro atoms. The van der Waals surface area contributed by atoms with E-state index in [1.165, 1.54) is 17.0 Å². The Bertz CT molecular complexity index is 1700. The Balaban J connectivity index is 1.14. The number of aryl methyl sites for hydroxylation is 1. The van der Waals surface area contributed by atoms with Crippen molar-refractivity contribution in [3.05, 3.63) is 94.7 Å². The Morgan fingerprint density at radius 2 is 1.80 bits per heavy atom. The van der Waals surface area contributed by atoms with E-state index < -0.39 is 5.60 Å². The first kappa shape index (κ1) is 26.1. The standard InChI is InChI=1S/C30H31FN6O3/c1-35-28(21-4-2-20(15-32)3-5-21)26-27(34-35)29(38)37(19-33-26)18-30(39)9-11-36(12-10-30)16-23-7-6-22(14-25(23)31)24-8-13-40-17-24/h2-8,13-14,17,19,39H,9-12,15-16,18,32H2,1H3. The summed E-state index contributed by atoms with van der Waals surface area (Å²) in [6.45, 7) is 2.18. The van der Waals surface area contributed by atoms with Gasteiger partial charge in [-0.15, -0.1) is 0 Å². The average molecular weight is 543 g/mol. The van der Waals surface area contributed by atoms with Crippen LogP contribution in [0.1, 0.15) is 24.0 Å². The Kier molecular flexibility index (Phi) is 6.83. The van der Waals surface area contributed by atoms with E-state index in [0.29, 0.717) is 50.1 Å². The Hall–Kier alpha value is -4.12. The summed E-state index contributed by atoms with van der Waals surface area (Å²) in [5.74, 6) is -0.268. The number of piperidine rings is 1. The maximum atomic E-state index is 14.8. The van der Waals surface area contributed by atoms with Gasteiger partial charge in [-0.1, -0.05) is 36.4 Å². The minimum absolute atomic E-state index is 0.119. The summed E-state index contributed by atoms with van der Waals surface area (Å²) in [5.41, 5.74) is 9.99. The van der Waals surface area contributed by atoms with Crippen molar-refractivity contribution in [3.63, 3.8) is 0 Å². The van der Waals surface area contributed by atoms with Gasteiger partial charge in [0.25, 0.3) is 5.56 Å². The van der Waals surface area contributed by atoms with E-state index in [4.69, 9.17) is 10.2 Å². The maximum absolute atomic E-state index is 14.8. The summed E-state index contributed by atoms with van der Waals surface area (Å²) in [7, 11) is 1.79. The summed E-state index contributed by atoms with van der Waals surface area (Å²) in [5, 5.41) is 15.8. The van der Waals surface area contributed by atoms with E-state index in [2.05, 4.69) is 15.0 Å². The Morgan fingerprint density at radius 1 is 1.05 bits per heavy atom. The normalized spacial score (nSPS) is 15.6. The molecule has 10 heteroatoms. The molecule has 1 aliphatic rings. The molecule has 0 bridgehead atoms. The van der Waals surface area contributed by atoms with E-state index in [0.717, 1.165) is 27.9 Å². The number of fused-ring (bicyclic) bond motifs is 1. The highest BCUT2D eigenvalue weighted by Crippen LogP contribution is 2.29. The number of nitrogens with two attached hydrogens (primary N) is 1. The predicted molar refractivity (Wildman–Crippen MR) is 150 cm³/mol. The summed E-state index contributed by atoms with van der Waals surface area (Å²) in [4.78, 5) is 20.0. The summed E-state index contributed by atoms with van der Waals surface area (Å²) in [6.07, 6.45) is 5.55. The molecule has 5 aromatic rings. The molecule has 0 unspecified atom stereocenters. The molecule has 9 nitrogen and oxygen atoms in total. The average Bonchev–Trinajstić information content (AvgIpc) is 3.61. The predicted octanol–water partition coefficient (Wildman–Crippen LogP) is 3.68. The van der Waals surface area contributed by atoms with Gasteiger partial charge in [0, 0.05) is 49.9 Å². The van der Waals surface area contributed by atoms with E-state index in [9.17, 15) is 14.3 Å². The lowest BCUT2D eigenvalue weighted by Crippen LogP contribution is -2.47. The van der Waals surface area contributed by atoms with Crippen molar-refractivity contribution in [1.82, 2.24) is 24.2 Å². The van der Waals surface area contributed by atoms with E-state index in [1.54, 1.807) is 36.4 Å². The van der Waals surface area contributed by atoms with Crippen LogP contribution in [-0.4, -0.2) is 48.0 Å². The van der Waals surface area contributed by atoms with Crippen LogP contribution in [0.3, 0.4) is 0 Å². The number of hydrogen-bond donors (Lipinski definition) is 2. The first-order valence-corrected chi connectivity index (χ1v) is 13.3. The first-order chi connectivity index (χ1) is 19.3. The Labute approximate surface area is 230 Å². The molecule has 0 saturated carbocycles. The lowest BCUT2D eigenvalue weighted by molar-refractivity contribution is -0.0366. The lowest BCUT2D eigenvalue weighted by atomic mass is 9.91. The molecule has 1 saturated heterocycles. The minimum atomic E-state index is -1.07. The minimum Gasteiger partial charge on any atom is -0.472 e. The summed E-state index contributed by atoms with van der Waals surface area (Å²) >= 11 is 0. The zero-order valence-electron chi connectivity index (χ0n) is 22.3. The molecule has 0 aliphatic carbocycles. The zero-order valence-corrected chi connectivity index (χ0v) is 22.3. The topological polar surface area (TPSA) is 115 Å². The van der Waals surface area contributed by atoms with Crippen LogP contribution in [0.2, 0.25) is 0 Å². The molecule has 6 rings (SSSR count). The van der Waals surface area contributed by atoms with Crippen molar-refractivity contribution in [1.29, 1.82) is 0 Å². The third kappa shape index (κ3) is 4.97. The van der Waals surface area contributed by atoms with Crippen molar-refractivity contribution >= 4 is 11.0 Å². The molecule has 206 valence electrons. The van der Waals surface area contributed by atoms with Gasteiger partial charge in [-0.05, 0) is 36.1 Å². The van der Waals surface area contributed by atoms with Gasteiger partial charge >= 0.3 is 0 Å². The third-order valence-electron chi connectivity index (χ3n) is 7.83. The fourth-order valence-electron chi connectivity index (χ4n) is 5.46. The lowest BCUT2D eigenvalue weighted by Gasteiger charge is -2.38. The van der Waals surface area contributed by atoms with Crippen LogP contribution in [0.25, 0.3) is 33.4 Å². The van der Waals surface area contributed by atoms with Gasteiger partial charge in [0.1, 0.15) is 11.3 Å². The fourth-order valence-corrected chi connectivity index (χ4v) is 5.46. The third-order valence-corrected chi connectivity index (χ3v) is 7.83. The van der Waals surface area contributed by atoms with Gasteiger partial charge < -0.3 is 15.3 Å². The molecule has 0 amide bonds. The fraction of sp³-hybridized carbons (Fsp3) is 0.300. The molecule has 3 N–H and O–H groups in total. The van der Waals surface area contributed by atoms with Gasteiger partial charge in [-0.25, -0.2) is 9.37 Å². The molecule has 0 radical (unpaired) electrons. The van der Waals surface area contributed by atoms with Crippen LogP contribution in [0.15, 0.2) is 76.6 Å². The highest BCUT2D eigenvalue weighted by Gasteiger charge is 2.33.